The monoisotopic (exact) mass is 654 g/mol. The number of quaternary nitrogens is 1. The van der Waals surface area contributed by atoms with E-state index in [2.05, 4.69) is 26.0 Å². The molecule has 270 valence electrons. The van der Waals surface area contributed by atoms with Gasteiger partial charge in [-0.3, -0.25) is 9.59 Å². The van der Waals surface area contributed by atoms with Crippen LogP contribution in [0.25, 0.3) is 0 Å². The predicted molar refractivity (Wildman–Crippen MR) is 185 cm³/mol. The number of likely N-dealkylation sites (N-methyl/N-ethyl adjacent to an activating group) is 1. The first-order chi connectivity index (χ1) is 22.1. The Bertz CT molecular complexity index is 778. The summed E-state index contributed by atoms with van der Waals surface area (Å²) in [5, 5.41) is 11.5. The maximum Gasteiger partial charge on any atom is 0.306 e. The second-order valence-corrected chi connectivity index (χ2v) is 13.8. The number of carboxylic acid groups (broad SMARTS) is 1. The molecule has 0 aliphatic heterocycles. The molecular formula is C38H71NO7. The average molecular weight is 654 g/mol. The van der Waals surface area contributed by atoms with Gasteiger partial charge < -0.3 is 28.6 Å². The van der Waals surface area contributed by atoms with Crippen LogP contribution < -0.4 is 5.11 Å². The Morgan fingerprint density at radius 1 is 0.630 bits per heavy atom. The Labute approximate surface area is 282 Å². The van der Waals surface area contributed by atoms with Crippen LogP contribution in [0.1, 0.15) is 162 Å². The SMILES string of the molecule is CCCCCCCC/C=C\CCCCCCCC(=O)OC(COCCC(C(=O)[O-])[N+](C)(C)C)COC(=O)CCCCCCCCC. The van der Waals surface area contributed by atoms with E-state index in [0.717, 1.165) is 51.4 Å². The lowest BCUT2D eigenvalue weighted by molar-refractivity contribution is -0.889. The van der Waals surface area contributed by atoms with E-state index in [4.69, 9.17) is 14.2 Å². The van der Waals surface area contributed by atoms with E-state index in [1.807, 2.05) is 0 Å². The molecule has 0 aromatic heterocycles. The number of nitrogens with zero attached hydrogens (tertiary/aromatic N) is 1. The number of ether oxygens (including phenoxy) is 3. The van der Waals surface area contributed by atoms with Crippen molar-refractivity contribution in [3.05, 3.63) is 12.2 Å². The Kier molecular flexibility index (Phi) is 29.1. The molecule has 2 atom stereocenters. The smallest absolute Gasteiger partial charge is 0.306 e. The zero-order valence-electron chi connectivity index (χ0n) is 30.5. The summed E-state index contributed by atoms with van der Waals surface area (Å²) in [6.07, 6.45) is 28.1. The van der Waals surface area contributed by atoms with Crippen molar-refractivity contribution >= 4 is 17.9 Å². The molecule has 0 saturated heterocycles. The molecule has 8 nitrogen and oxygen atoms in total. The molecule has 8 heteroatoms. The molecule has 0 heterocycles. The van der Waals surface area contributed by atoms with Gasteiger partial charge in [0, 0.05) is 19.3 Å². The van der Waals surface area contributed by atoms with Gasteiger partial charge in [0.05, 0.1) is 40.3 Å². The summed E-state index contributed by atoms with van der Waals surface area (Å²) in [5.41, 5.74) is 0. The largest absolute Gasteiger partial charge is 0.544 e. The molecule has 0 radical (unpaired) electrons. The third-order valence-corrected chi connectivity index (χ3v) is 8.40. The summed E-state index contributed by atoms with van der Waals surface area (Å²) in [6, 6.07) is -0.720. The Balaban J connectivity index is 4.38. The molecule has 0 aromatic carbocycles. The van der Waals surface area contributed by atoms with E-state index in [0.29, 0.717) is 12.8 Å². The van der Waals surface area contributed by atoms with Gasteiger partial charge in [0.1, 0.15) is 12.6 Å². The highest BCUT2D eigenvalue weighted by Crippen LogP contribution is 2.13. The topological polar surface area (TPSA) is 102 Å². The van der Waals surface area contributed by atoms with Crippen LogP contribution in [0.3, 0.4) is 0 Å². The van der Waals surface area contributed by atoms with Gasteiger partial charge in [0.15, 0.2) is 6.10 Å². The zero-order valence-corrected chi connectivity index (χ0v) is 30.5. The van der Waals surface area contributed by atoms with E-state index in [1.165, 1.54) is 77.0 Å². The lowest BCUT2D eigenvalue weighted by atomic mass is 10.1. The molecule has 0 aromatic rings. The fraction of sp³-hybridized carbons (Fsp3) is 0.868. The number of allylic oxidation sites excluding steroid dienone is 2. The molecule has 0 bridgehead atoms. The molecule has 2 unspecified atom stereocenters. The van der Waals surface area contributed by atoms with Crippen molar-refractivity contribution in [1.29, 1.82) is 0 Å². The Morgan fingerprint density at radius 3 is 1.57 bits per heavy atom. The molecule has 0 fully saturated rings. The molecule has 0 rings (SSSR count). The van der Waals surface area contributed by atoms with Crippen molar-refractivity contribution in [2.75, 3.05) is 41.0 Å². The summed E-state index contributed by atoms with van der Waals surface area (Å²) in [4.78, 5) is 36.5. The van der Waals surface area contributed by atoms with Crippen molar-refractivity contribution in [3.8, 4) is 0 Å². The number of carbonyl (C=O) groups is 3. The molecule has 0 spiro atoms. The minimum absolute atomic E-state index is 0.0414. The fourth-order valence-corrected chi connectivity index (χ4v) is 5.42. The van der Waals surface area contributed by atoms with E-state index in [1.54, 1.807) is 21.1 Å². The first-order valence-electron chi connectivity index (χ1n) is 18.7. The number of carboxylic acids is 1. The third-order valence-electron chi connectivity index (χ3n) is 8.40. The number of esters is 2. The van der Waals surface area contributed by atoms with E-state index >= 15 is 0 Å². The first kappa shape index (κ1) is 44.1. The fourth-order valence-electron chi connectivity index (χ4n) is 5.42. The van der Waals surface area contributed by atoms with Crippen LogP contribution in [-0.2, 0) is 28.6 Å². The van der Waals surface area contributed by atoms with Crippen LogP contribution in [0.15, 0.2) is 12.2 Å². The standard InChI is InChI=1S/C38H71NO7/c1-6-8-10-12-14-15-16-17-18-19-20-21-23-25-27-29-37(41)46-34(32-44-31-30-35(38(42)43)39(3,4)5)33-45-36(40)28-26-24-22-13-11-9-7-2/h17-18,34-35H,6-16,19-33H2,1-5H3/b18-17-. The van der Waals surface area contributed by atoms with E-state index < -0.39 is 18.1 Å². The highest BCUT2D eigenvalue weighted by Gasteiger charge is 2.25. The maximum atomic E-state index is 12.6. The summed E-state index contributed by atoms with van der Waals surface area (Å²) >= 11 is 0. The van der Waals surface area contributed by atoms with Gasteiger partial charge in [-0.05, 0) is 38.5 Å². The van der Waals surface area contributed by atoms with Crippen molar-refractivity contribution in [3.63, 3.8) is 0 Å². The Hall–Kier alpha value is -1.93. The second-order valence-electron chi connectivity index (χ2n) is 13.8. The minimum atomic E-state index is -1.13. The average Bonchev–Trinajstić information content (AvgIpc) is 3.00. The van der Waals surface area contributed by atoms with Gasteiger partial charge in [0.2, 0.25) is 0 Å². The van der Waals surface area contributed by atoms with Crippen LogP contribution >= 0.6 is 0 Å². The summed E-state index contributed by atoms with van der Waals surface area (Å²) in [6.45, 7) is 4.59. The molecule has 0 N–H and O–H groups in total. The van der Waals surface area contributed by atoms with Crippen LogP contribution in [0.5, 0.6) is 0 Å². The number of aliphatic carboxylic acids is 1. The molecule has 0 amide bonds. The quantitative estimate of drug-likeness (QED) is 0.0308. The normalized spacial score (nSPS) is 13.2. The minimum Gasteiger partial charge on any atom is -0.544 e. The van der Waals surface area contributed by atoms with Crippen molar-refractivity contribution < 1.29 is 38.2 Å². The summed E-state index contributed by atoms with van der Waals surface area (Å²) < 4.78 is 17.0. The number of rotatable bonds is 33. The predicted octanol–water partition coefficient (Wildman–Crippen LogP) is 7.85. The van der Waals surface area contributed by atoms with Gasteiger partial charge in [-0.1, -0.05) is 116 Å². The number of hydrogen-bond acceptors (Lipinski definition) is 7. The number of unbranched alkanes of at least 4 members (excludes halogenated alkanes) is 17. The lowest BCUT2D eigenvalue weighted by Crippen LogP contribution is -2.55. The number of carbonyl (C=O) groups excluding carboxylic acids is 3. The van der Waals surface area contributed by atoms with E-state index in [9.17, 15) is 19.5 Å². The van der Waals surface area contributed by atoms with Crippen LogP contribution in [0.2, 0.25) is 0 Å². The zero-order chi connectivity index (χ0) is 34.3. The van der Waals surface area contributed by atoms with Crippen molar-refractivity contribution in [2.24, 2.45) is 0 Å². The maximum absolute atomic E-state index is 12.6. The molecular weight excluding hydrogens is 582 g/mol. The molecule has 0 aliphatic carbocycles. The highest BCUT2D eigenvalue weighted by molar-refractivity contribution is 5.70. The molecule has 0 aliphatic rings. The molecule has 0 saturated carbocycles. The second kappa shape index (κ2) is 30.4. The summed E-state index contributed by atoms with van der Waals surface area (Å²) in [7, 11) is 5.39. The first-order valence-corrected chi connectivity index (χ1v) is 18.7. The van der Waals surface area contributed by atoms with Crippen molar-refractivity contribution in [2.45, 2.75) is 174 Å². The van der Waals surface area contributed by atoms with Crippen LogP contribution in [0, 0.1) is 0 Å². The van der Waals surface area contributed by atoms with Gasteiger partial charge >= 0.3 is 11.9 Å². The summed E-state index contributed by atoms with van der Waals surface area (Å²) in [5.74, 6) is -1.75. The van der Waals surface area contributed by atoms with Gasteiger partial charge in [-0.15, -0.1) is 0 Å². The third kappa shape index (κ3) is 28.3. The highest BCUT2D eigenvalue weighted by atomic mass is 16.6. The van der Waals surface area contributed by atoms with E-state index in [-0.39, 0.29) is 42.7 Å². The van der Waals surface area contributed by atoms with Crippen LogP contribution in [0.4, 0.5) is 0 Å². The van der Waals surface area contributed by atoms with Gasteiger partial charge in [0.25, 0.3) is 0 Å². The van der Waals surface area contributed by atoms with Gasteiger partial charge in [-0.2, -0.15) is 0 Å². The number of hydrogen-bond donors (Lipinski definition) is 0. The lowest BCUT2D eigenvalue weighted by Gasteiger charge is -2.34. The van der Waals surface area contributed by atoms with Crippen molar-refractivity contribution in [1.82, 2.24) is 0 Å². The molecule has 46 heavy (non-hydrogen) atoms. The van der Waals surface area contributed by atoms with Gasteiger partial charge in [-0.25, -0.2) is 0 Å². The Morgan fingerprint density at radius 2 is 1.09 bits per heavy atom. The van der Waals surface area contributed by atoms with Crippen LogP contribution in [-0.4, -0.2) is 75.5 Å².